The lowest BCUT2D eigenvalue weighted by molar-refractivity contribution is 0.0439. The predicted octanol–water partition coefficient (Wildman–Crippen LogP) is 2.94. The summed E-state index contributed by atoms with van der Waals surface area (Å²) in [4.78, 5) is 5.42. The number of piperidine rings is 1. The first-order valence-electron chi connectivity index (χ1n) is 7.88. The second-order valence-electron chi connectivity index (χ2n) is 7.43. The second-order valence-corrected chi connectivity index (χ2v) is 7.43. The van der Waals surface area contributed by atoms with Crippen molar-refractivity contribution in [1.29, 1.82) is 0 Å². The van der Waals surface area contributed by atoms with Gasteiger partial charge in [0.15, 0.2) is 0 Å². The van der Waals surface area contributed by atoms with Crippen molar-refractivity contribution in [2.24, 2.45) is 23.7 Å². The molecular weight excluding hydrogens is 220 g/mol. The summed E-state index contributed by atoms with van der Waals surface area (Å²) >= 11 is 0. The van der Waals surface area contributed by atoms with Crippen molar-refractivity contribution >= 4 is 0 Å². The molecule has 18 heavy (non-hydrogen) atoms. The molecule has 2 heteroatoms. The topological polar surface area (TPSA) is 6.48 Å². The summed E-state index contributed by atoms with van der Waals surface area (Å²) in [6, 6.07) is 1.43. The van der Waals surface area contributed by atoms with Gasteiger partial charge in [0.2, 0.25) is 0 Å². The van der Waals surface area contributed by atoms with E-state index in [0.717, 1.165) is 29.7 Å². The Morgan fingerprint density at radius 1 is 0.722 bits per heavy atom. The van der Waals surface area contributed by atoms with Crippen molar-refractivity contribution < 1.29 is 0 Å². The predicted molar refractivity (Wildman–Crippen MR) is 78.7 cm³/mol. The fraction of sp³-hybridized carbons (Fsp3) is 1.00. The normalized spacial score (nSPS) is 34.8. The van der Waals surface area contributed by atoms with Gasteiger partial charge in [-0.15, -0.1) is 0 Å². The van der Waals surface area contributed by atoms with Crippen LogP contribution in [0.25, 0.3) is 0 Å². The van der Waals surface area contributed by atoms with Gasteiger partial charge in [-0.1, -0.05) is 13.8 Å². The molecule has 0 bridgehead atoms. The van der Waals surface area contributed by atoms with Crippen LogP contribution in [0.2, 0.25) is 0 Å². The molecule has 2 heterocycles. The van der Waals surface area contributed by atoms with Gasteiger partial charge < -0.3 is 9.80 Å². The first-order valence-corrected chi connectivity index (χ1v) is 7.88. The van der Waals surface area contributed by atoms with Crippen LogP contribution < -0.4 is 0 Å². The first-order chi connectivity index (χ1) is 8.40. The van der Waals surface area contributed by atoms with Gasteiger partial charge in [-0.05, 0) is 51.4 Å². The van der Waals surface area contributed by atoms with Crippen molar-refractivity contribution in [3.63, 3.8) is 0 Å². The van der Waals surface area contributed by atoms with Gasteiger partial charge in [-0.2, -0.15) is 0 Å². The second kappa shape index (κ2) is 5.50. The summed E-state index contributed by atoms with van der Waals surface area (Å²) in [5, 5.41) is 0. The molecule has 2 aliphatic rings. The monoisotopic (exact) mass is 252 g/mol. The SMILES string of the molecule is CC(C)[C@@H]1CN(C(C)C)C[C@H]2CN(C(C)C)C[C@H]21. The number of nitrogens with zero attached hydrogens (tertiary/aromatic N) is 2. The minimum atomic E-state index is 0.709. The number of hydrogen-bond donors (Lipinski definition) is 0. The average Bonchev–Trinajstić information content (AvgIpc) is 2.70. The Labute approximate surface area is 114 Å². The minimum absolute atomic E-state index is 0.709. The Balaban J connectivity index is 2.11. The summed E-state index contributed by atoms with van der Waals surface area (Å²) in [5.41, 5.74) is 0. The van der Waals surface area contributed by atoms with E-state index in [1.54, 1.807) is 0 Å². The summed E-state index contributed by atoms with van der Waals surface area (Å²) in [6.45, 7) is 19.6. The highest BCUT2D eigenvalue weighted by molar-refractivity contribution is 4.96. The van der Waals surface area contributed by atoms with Crippen molar-refractivity contribution in [3.8, 4) is 0 Å². The van der Waals surface area contributed by atoms with Crippen LogP contribution >= 0.6 is 0 Å². The molecule has 0 spiro atoms. The molecule has 0 aliphatic carbocycles. The molecule has 0 unspecified atom stereocenters. The summed E-state index contributed by atoms with van der Waals surface area (Å²) in [6.07, 6.45) is 0. The minimum Gasteiger partial charge on any atom is -0.300 e. The number of hydrogen-bond acceptors (Lipinski definition) is 2. The van der Waals surface area contributed by atoms with E-state index in [1.807, 2.05) is 0 Å². The molecule has 2 rings (SSSR count). The van der Waals surface area contributed by atoms with E-state index in [2.05, 4.69) is 51.3 Å². The molecular formula is C16H32N2. The van der Waals surface area contributed by atoms with Crippen LogP contribution in [0.1, 0.15) is 41.5 Å². The third-order valence-corrected chi connectivity index (χ3v) is 5.30. The molecule has 0 N–H and O–H groups in total. The average molecular weight is 252 g/mol. The van der Waals surface area contributed by atoms with Crippen molar-refractivity contribution in [2.75, 3.05) is 26.2 Å². The highest BCUT2D eigenvalue weighted by atomic mass is 15.2. The number of likely N-dealkylation sites (tertiary alicyclic amines) is 2. The van der Waals surface area contributed by atoms with Gasteiger partial charge in [0.05, 0.1) is 0 Å². The third kappa shape index (κ3) is 2.75. The molecule has 0 aromatic carbocycles. The van der Waals surface area contributed by atoms with Gasteiger partial charge in [-0.25, -0.2) is 0 Å². The fourth-order valence-electron chi connectivity index (χ4n) is 3.94. The molecule has 0 radical (unpaired) electrons. The quantitative estimate of drug-likeness (QED) is 0.762. The molecule has 106 valence electrons. The standard InChI is InChI=1S/C16H32N2/c1-11(2)15-9-17(12(3)4)7-14-8-18(13(5)6)10-16(14)15/h11-16H,7-10H2,1-6H3/t14-,15-,16+/m0/s1. The van der Waals surface area contributed by atoms with E-state index < -0.39 is 0 Å². The zero-order chi connectivity index (χ0) is 13.4. The van der Waals surface area contributed by atoms with Gasteiger partial charge in [0.1, 0.15) is 0 Å². The maximum absolute atomic E-state index is 2.72. The number of fused-ring (bicyclic) bond motifs is 1. The van der Waals surface area contributed by atoms with Crippen LogP contribution in [0.3, 0.4) is 0 Å². The Morgan fingerprint density at radius 3 is 1.67 bits per heavy atom. The summed E-state index contributed by atoms with van der Waals surface area (Å²) in [5.74, 6) is 3.58. The summed E-state index contributed by atoms with van der Waals surface area (Å²) < 4.78 is 0. The van der Waals surface area contributed by atoms with Crippen LogP contribution in [0.15, 0.2) is 0 Å². The van der Waals surface area contributed by atoms with Crippen LogP contribution in [-0.4, -0.2) is 48.1 Å². The highest BCUT2D eigenvalue weighted by Gasteiger charge is 2.44. The molecule has 2 aliphatic heterocycles. The Bertz CT molecular complexity index is 272. The zero-order valence-corrected chi connectivity index (χ0v) is 13.2. The molecule has 0 amide bonds. The lowest BCUT2D eigenvalue weighted by atomic mass is 9.74. The largest absolute Gasteiger partial charge is 0.300 e. The smallest absolute Gasteiger partial charge is 0.00388 e. The van der Waals surface area contributed by atoms with Crippen molar-refractivity contribution in [1.82, 2.24) is 9.80 Å². The fourth-order valence-corrected chi connectivity index (χ4v) is 3.94. The highest BCUT2D eigenvalue weighted by Crippen LogP contribution is 2.39. The van der Waals surface area contributed by atoms with Crippen LogP contribution in [-0.2, 0) is 0 Å². The third-order valence-electron chi connectivity index (χ3n) is 5.30. The molecule has 3 atom stereocenters. The van der Waals surface area contributed by atoms with E-state index in [1.165, 1.54) is 26.2 Å². The van der Waals surface area contributed by atoms with Crippen LogP contribution in [0, 0.1) is 23.7 Å². The maximum Gasteiger partial charge on any atom is 0.00388 e. The molecule has 0 saturated carbocycles. The molecule has 2 saturated heterocycles. The van der Waals surface area contributed by atoms with E-state index >= 15 is 0 Å². The maximum atomic E-state index is 2.72. The van der Waals surface area contributed by atoms with Crippen molar-refractivity contribution in [3.05, 3.63) is 0 Å². The molecule has 0 aromatic heterocycles. The van der Waals surface area contributed by atoms with Gasteiger partial charge in [0, 0.05) is 38.3 Å². The van der Waals surface area contributed by atoms with E-state index in [9.17, 15) is 0 Å². The molecule has 0 aromatic rings. The zero-order valence-electron chi connectivity index (χ0n) is 13.2. The molecule has 2 fully saturated rings. The van der Waals surface area contributed by atoms with Crippen molar-refractivity contribution in [2.45, 2.75) is 53.6 Å². The number of rotatable bonds is 3. The Morgan fingerprint density at radius 2 is 1.22 bits per heavy atom. The van der Waals surface area contributed by atoms with Crippen LogP contribution in [0.4, 0.5) is 0 Å². The van der Waals surface area contributed by atoms with Crippen LogP contribution in [0.5, 0.6) is 0 Å². The first kappa shape index (κ1) is 14.3. The lowest BCUT2D eigenvalue weighted by Gasteiger charge is -2.44. The van der Waals surface area contributed by atoms with Gasteiger partial charge >= 0.3 is 0 Å². The van der Waals surface area contributed by atoms with Gasteiger partial charge in [0.25, 0.3) is 0 Å². The molecule has 2 nitrogen and oxygen atoms in total. The Kier molecular flexibility index (Phi) is 4.38. The van der Waals surface area contributed by atoms with E-state index in [4.69, 9.17) is 0 Å². The van der Waals surface area contributed by atoms with E-state index in [0.29, 0.717) is 6.04 Å². The van der Waals surface area contributed by atoms with E-state index in [-0.39, 0.29) is 0 Å². The Hall–Kier alpha value is -0.0800. The summed E-state index contributed by atoms with van der Waals surface area (Å²) in [7, 11) is 0. The lowest BCUT2D eigenvalue weighted by Crippen LogP contribution is -2.50. The van der Waals surface area contributed by atoms with Gasteiger partial charge in [-0.3, -0.25) is 0 Å².